The molecule has 3 N–H and O–H groups in total. The van der Waals surface area contributed by atoms with Crippen molar-refractivity contribution in [3.8, 4) is 0 Å². The van der Waals surface area contributed by atoms with E-state index >= 15 is 0 Å². The third-order valence-electron chi connectivity index (χ3n) is 5.09. The Morgan fingerprint density at radius 2 is 2.00 bits per heavy atom. The first kappa shape index (κ1) is 20.2. The molecule has 1 unspecified atom stereocenters. The number of ether oxygens (including phenoxy) is 1. The molecule has 2 heterocycles. The summed E-state index contributed by atoms with van der Waals surface area (Å²) in [5, 5.41) is 8.30. The lowest BCUT2D eigenvalue weighted by atomic mass is 9.94. The Kier molecular flexibility index (Phi) is 6.51. The van der Waals surface area contributed by atoms with E-state index in [4.69, 9.17) is 19.8 Å². The first-order valence-corrected chi connectivity index (χ1v) is 11.3. The fourth-order valence-corrected chi connectivity index (χ4v) is 3.94. The van der Waals surface area contributed by atoms with Crippen molar-refractivity contribution in [2.45, 2.75) is 32.3 Å². The van der Waals surface area contributed by atoms with E-state index in [9.17, 15) is 8.42 Å². The number of sulfonamides is 1. The Balaban J connectivity index is 1.83. The molecular weight excluding hydrogens is 368 g/mol. The second-order valence-electron chi connectivity index (χ2n) is 7.20. The molecule has 1 saturated heterocycles. The highest BCUT2D eigenvalue weighted by Crippen LogP contribution is 2.29. The number of anilines is 2. The van der Waals surface area contributed by atoms with Crippen molar-refractivity contribution < 1.29 is 13.2 Å². The molecule has 1 atom stereocenters. The van der Waals surface area contributed by atoms with E-state index < -0.39 is 10.0 Å². The molecule has 10 heteroatoms. The molecule has 0 bridgehead atoms. The second-order valence-corrected chi connectivity index (χ2v) is 8.94. The molecule has 3 rings (SSSR count). The van der Waals surface area contributed by atoms with Crippen LogP contribution < -0.4 is 15.4 Å². The Hall–Kier alpha value is -1.49. The van der Waals surface area contributed by atoms with E-state index in [-0.39, 0.29) is 18.4 Å². The standard InChI is InChI=1S/C17H30N6O3S/c1-3-26-13-4-5-14-15(12-13)20-17(23-9-7-22(2)8-10-23)21-16(14)19-6-11-27(18,24)25/h13H,3-12H2,1-2H3,(H2,18,24,25)(H,19,20,21). The third kappa shape index (κ3) is 5.50. The lowest BCUT2D eigenvalue weighted by Crippen LogP contribution is -2.45. The van der Waals surface area contributed by atoms with Crippen LogP contribution in [0.2, 0.25) is 0 Å². The number of nitrogens with two attached hydrogens (primary N) is 1. The van der Waals surface area contributed by atoms with Crippen molar-refractivity contribution in [3.05, 3.63) is 11.3 Å². The van der Waals surface area contributed by atoms with Crippen molar-refractivity contribution >= 4 is 21.8 Å². The summed E-state index contributed by atoms with van der Waals surface area (Å²) in [6.45, 7) is 6.62. The Bertz CT molecular complexity index is 749. The summed E-state index contributed by atoms with van der Waals surface area (Å²) < 4.78 is 28.3. The van der Waals surface area contributed by atoms with Crippen molar-refractivity contribution in [2.24, 2.45) is 5.14 Å². The first-order chi connectivity index (χ1) is 12.9. The van der Waals surface area contributed by atoms with Crippen LogP contribution >= 0.6 is 0 Å². The number of rotatable bonds is 7. The predicted octanol–water partition coefficient (Wildman–Crippen LogP) is -0.177. The Morgan fingerprint density at radius 1 is 1.26 bits per heavy atom. The highest BCUT2D eigenvalue weighted by atomic mass is 32.2. The van der Waals surface area contributed by atoms with Gasteiger partial charge in [-0.15, -0.1) is 0 Å². The molecule has 2 aliphatic rings. The number of likely N-dealkylation sites (N-methyl/N-ethyl adjacent to an activating group) is 1. The maximum atomic E-state index is 11.2. The van der Waals surface area contributed by atoms with Gasteiger partial charge in [0, 0.05) is 51.3 Å². The molecule has 0 spiro atoms. The molecule has 1 aliphatic carbocycles. The van der Waals surface area contributed by atoms with E-state index in [2.05, 4.69) is 22.2 Å². The molecule has 0 amide bonds. The minimum atomic E-state index is -3.51. The fraction of sp³-hybridized carbons (Fsp3) is 0.765. The molecule has 1 aromatic rings. The third-order valence-corrected chi connectivity index (χ3v) is 5.86. The maximum Gasteiger partial charge on any atom is 0.227 e. The number of nitrogens with zero attached hydrogens (tertiary/aromatic N) is 4. The van der Waals surface area contributed by atoms with Gasteiger partial charge in [-0.05, 0) is 26.8 Å². The van der Waals surface area contributed by atoms with Crippen LogP contribution in [0.3, 0.4) is 0 Å². The second kappa shape index (κ2) is 8.68. The van der Waals surface area contributed by atoms with Crippen molar-refractivity contribution in [1.82, 2.24) is 14.9 Å². The summed E-state index contributed by atoms with van der Waals surface area (Å²) in [7, 11) is -1.40. The Morgan fingerprint density at radius 3 is 2.67 bits per heavy atom. The van der Waals surface area contributed by atoms with Crippen LogP contribution in [0.5, 0.6) is 0 Å². The van der Waals surface area contributed by atoms with Gasteiger partial charge >= 0.3 is 0 Å². The van der Waals surface area contributed by atoms with Crippen LogP contribution in [0.4, 0.5) is 11.8 Å². The van der Waals surface area contributed by atoms with Gasteiger partial charge in [-0.25, -0.2) is 18.5 Å². The highest BCUT2D eigenvalue weighted by molar-refractivity contribution is 7.89. The predicted molar refractivity (Wildman–Crippen MR) is 106 cm³/mol. The van der Waals surface area contributed by atoms with Gasteiger partial charge in [-0.3, -0.25) is 0 Å². The SMILES string of the molecule is CCOC1CCc2c(nc(N3CCN(C)CC3)nc2NCCS(N)(=O)=O)C1. The lowest BCUT2D eigenvalue weighted by Gasteiger charge is -2.34. The zero-order valence-corrected chi connectivity index (χ0v) is 17.0. The molecule has 152 valence electrons. The number of piperazine rings is 1. The van der Waals surface area contributed by atoms with Crippen LogP contribution in [-0.4, -0.2) is 81.5 Å². The van der Waals surface area contributed by atoms with Gasteiger partial charge in [0.05, 0.1) is 17.6 Å². The van der Waals surface area contributed by atoms with Crippen molar-refractivity contribution in [2.75, 3.05) is 62.3 Å². The van der Waals surface area contributed by atoms with Crippen LogP contribution in [-0.2, 0) is 27.6 Å². The number of hydrogen-bond acceptors (Lipinski definition) is 8. The zero-order chi connectivity index (χ0) is 19.4. The average molecular weight is 399 g/mol. The number of aromatic nitrogens is 2. The van der Waals surface area contributed by atoms with Gasteiger partial charge in [0.1, 0.15) is 5.82 Å². The van der Waals surface area contributed by atoms with Crippen LogP contribution in [0.25, 0.3) is 0 Å². The summed E-state index contributed by atoms with van der Waals surface area (Å²) in [4.78, 5) is 14.1. The fourth-order valence-electron chi connectivity index (χ4n) is 3.56. The summed E-state index contributed by atoms with van der Waals surface area (Å²) >= 11 is 0. The number of primary sulfonamides is 1. The van der Waals surface area contributed by atoms with Gasteiger partial charge < -0.3 is 19.9 Å². The highest BCUT2D eigenvalue weighted by Gasteiger charge is 2.26. The number of fused-ring (bicyclic) bond motifs is 1. The van der Waals surface area contributed by atoms with Crippen molar-refractivity contribution in [3.63, 3.8) is 0 Å². The molecule has 0 saturated carbocycles. The maximum absolute atomic E-state index is 11.2. The lowest BCUT2D eigenvalue weighted by molar-refractivity contribution is 0.0526. The summed E-state index contributed by atoms with van der Waals surface area (Å²) in [5.41, 5.74) is 2.07. The van der Waals surface area contributed by atoms with Crippen LogP contribution in [0, 0.1) is 0 Å². The first-order valence-electron chi connectivity index (χ1n) is 9.55. The van der Waals surface area contributed by atoms with Gasteiger partial charge in [0.15, 0.2) is 0 Å². The number of hydrogen-bond donors (Lipinski definition) is 2. The molecule has 0 radical (unpaired) electrons. The minimum absolute atomic E-state index is 0.128. The van der Waals surface area contributed by atoms with Gasteiger partial charge in [-0.2, -0.15) is 4.98 Å². The Labute approximate surface area is 161 Å². The molecule has 9 nitrogen and oxygen atoms in total. The van der Waals surface area contributed by atoms with Crippen molar-refractivity contribution in [1.29, 1.82) is 0 Å². The van der Waals surface area contributed by atoms with E-state index in [0.29, 0.717) is 12.6 Å². The number of nitrogens with one attached hydrogen (secondary N) is 1. The molecule has 1 aliphatic heterocycles. The van der Waals surface area contributed by atoms with Crippen LogP contribution in [0.15, 0.2) is 0 Å². The quantitative estimate of drug-likeness (QED) is 0.650. The largest absolute Gasteiger partial charge is 0.378 e. The summed E-state index contributed by atoms with van der Waals surface area (Å²) in [6.07, 6.45) is 2.67. The summed E-state index contributed by atoms with van der Waals surface area (Å²) in [6, 6.07) is 0. The zero-order valence-electron chi connectivity index (χ0n) is 16.1. The normalized spacial score (nSPS) is 21.1. The molecule has 27 heavy (non-hydrogen) atoms. The smallest absolute Gasteiger partial charge is 0.227 e. The van der Waals surface area contributed by atoms with E-state index in [1.165, 1.54) is 0 Å². The van der Waals surface area contributed by atoms with E-state index in [0.717, 1.165) is 62.5 Å². The van der Waals surface area contributed by atoms with Gasteiger partial charge in [0.2, 0.25) is 16.0 Å². The van der Waals surface area contributed by atoms with E-state index in [1.54, 1.807) is 0 Å². The van der Waals surface area contributed by atoms with Gasteiger partial charge in [-0.1, -0.05) is 0 Å². The summed E-state index contributed by atoms with van der Waals surface area (Å²) in [5.74, 6) is 1.31. The molecule has 0 aromatic carbocycles. The van der Waals surface area contributed by atoms with Crippen LogP contribution in [0.1, 0.15) is 24.6 Å². The van der Waals surface area contributed by atoms with Gasteiger partial charge in [0.25, 0.3) is 0 Å². The monoisotopic (exact) mass is 398 g/mol. The average Bonchev–Trinajstić information content (AvgIpc) is 2.61. The molecule has 1 aromatic heterocycles. The topological polar surface area (TPSA) is 114 Å². The molecular formula is C17H30N6O3S. The molecule has 1 fully saturated rings. The minimum Gasteiger partial charge on any atom is -0.378 e. The van der Waals surface area contributed by atoms with E-state index in [1.807, 2.05) is 6.92 Å².